The van der Waals surface area contributed by atoms with Gasteiger partial charge in [-0.15, -0.1) is 0 Å². The lowest BCUT2D eigenvalue weighted by molar-refractivity contribution is 0.628. The van der Waals surface area contributed by atoms with Crippen molar-refractivity contribution in [3.63, 3.8) is 0 Å². The van der Waals surface area contributed by atoms with Gasteiger partial charge in [0.25, 0.3) is 0 Å². The fraction of sp³-hybridized carbons (Fsp3) is 0.200. The third kappa shape index (κ3) is 2.45. The summed E-state index contributed by atoms with van der Waals surface area (Å²) in [5.41, 5.74) is 8.73. The van der Waals surface area contributed by atoms with Crippen LogP contribution in [0.3, 0.4) is 0 Å². The van der Waals surface area contributed by atoms with Crippen LogP contribution >= 0.6 is 0 Å². The molecule has 18 heavy (non-hydrogen) atoms. The molecule has 2 nitrogen and oxygen atoms in total. The lowest BCUT2D eigenvalue weighted by Crippen LogP contribution is -2.11. The van der Waals surface area contributed by atoms with Gasteiger partial charge in [0.05, 0.1) is 5.69 Å². The predicted octanol–water partition coefficient (Wildman–Crippen LogP) is 3.74. The molecule has 2 N–H and O–H groups in total. The topological polar surface area (TPSA) is 29.3 Å². The molecule has 3 heteroatoms. The van der Waals surface area contributed by atoms with E-state index in [1.165, 1.54) is 11.6 Å². The number of hydrogen-bond donors (Lipinski definition) is 1. The third-order valence-corrected chi connectivity index (χ3v) is 3.06. The highest BCUT2D eigenvalue weighted by Gasteiger charge is 2.09. The van der Waals surface area contributed by atoms with Gasteiger partial charge in [0.2, 0.25) is 0 Å². The zero-order valence-electron chi connectivity index (χ0n) is 10.7. The van der Waals surface area contributed by atoms with E-state index >= 15 is 0 Å². The van der Waals surface area contributed by atoms with Crippen molar-refractivity contribution in [2.24, 2.45) is 0 Å². The summed E-state index contributed by atoms with van der Waals surface area (Å²) in [7, 11) is 1.84. The molecule has 0 saturated heterocycles. The molecule has 0 radical (unpaired) electrons. The van der Waals surface area contributed by atoms with Crippen LogP contribution in [0.25, 0.3) is 0 Å². The Morgan fingerprint density at radius 3 is 2.33 bits per heavy atom. The molecule has 0 aliphatic heterocycles. The second-order valence-corrected chi connectivity index (χ2v) is 4.29. The van der Waals surface area contributed by atoms with Crippen LogP contribution in [-0.4, -0.2) is 7.05 Å². The number of nitrogens with two attached hydrogens (primary N) is 1. The first-order valence-electron chi connectivity index (χ1n) is 5.99. The summed E-state index contributed by atoms with van der Waals surface area (Å²) in [4.78, 5) is 1.81. The lowest BCUT2D eigenvalue weighted by atomic mass is 10.1. The van der Waals surface area contributed by atoms with Gasteiger partial charge < -0.3 is 10.6 Å². The van der Waals surface area contributed by atoms with Crippen LogP contribution in [0.5, 0.6) is 0 Å². The quantitative estimate of drug-likeness (QED) is 0.833. The van der Waals surface area contributed by atoms with Crippen molar-refractivity contribution < 1.29 is 4.39 Å². The van der Waals surface area contributed by atoms with Crippen molar-refractivity contribution in [1.29, 1.82) is 0 Å². The van der Waals surface area contributed by atoms with Gasteiger partial charge in [0.1, 0.15) is 5.82 Å². The average Bonchev–Trinajstić information content (AvgIpc) is 2.38. The maximum Gasteiger partial charge on any atom is 0.148 e. The summed E-state index contributed by atoms with van der Waals surface area (Å²) < 4.78 is 13.8. The van der Waals surface area contributed by atoms with E-state index in [0.29, 0.717) is 11.4 Å². The predicted molar refractivity (Wildman–Crippen MR) is 74.7 cm³/mol. The van der Waals surface area contributed by atoms with Gasteiger partial charge in [-0.25, -0.2) is 4.39 Å². The van der Waals surface area contributed by atoms with Crippen LogP contribution in [0.2, 0.25) is 0 Å². The molecule has 0 fully saturated rings. The zero-order chi connectivity index (χ0) is 13.1. The summed E-state index contributed by atoms with van der Waals surface area (Å²) in [5.74, 6) is -0.308. The first kappa shape index (κ1) is 12.4. The Balaban J connectivity index is 2.31. The second kappa shape index (κ2) is 5.08. The number of anilines is 3. The van der Waals surface area contributed by atoms with Gasteiger partial charge in [-0.05, 0) is 42.3 Å². The molecule has 94 valence electrons. The number of rotatable bonds is 3. The molecule has 0 bridgehead atoms. The molecule has 0 atom stereocenters. The highest BCUT2D eigenvalue weighted by molar-refractivity contribution is 5.65. The molecule has 0 aromatic heterocycles. The van der Waals surface area contributed by atoms with Crippen LogP contribution in [0.15, 0.2) is 42.5 Å². The minimum Gasteiger partial charge on any atom is -0.399 e. The summed E-state index contributed by atoms with van der Waals surface area (Å²) >= 11 is 0. The van der Waals surface area contributed by atoms with E-state index in [2.05, 4.69) is 19.1 Å². The largest absolute Gasteiger partial charge is 0.399 e. The second-order valence-electron chi connectivity index (χ2n) is 4.29. The monoisotopic (exact) mass is 244 g/mol. The van der Waals surface area contributed by atoms with Crippen molar-refractivity contribution in [3.8, 4) is 0 Å². The fourth-order valence-corrected chi connectivity index (χ4v) is 1.89. The van der Waals surface area contributed by atoms with E-state index < -0.39 is 0 Å². The molecule has 0 aliphatic rings. The van der Waals surface area contributed by atoms with E-state index in [1.807, 2.05) is 24.1 Å². The lowest BCUT2D eigenvalue weighted by Gasteiger charge is -2.20. The Labute approximate surface area is 107 Å². The van der Waals surface area contributed by atoms with Crippen molar-refractivity contribution in [3.05, 3.63) is 53.8 Å². The molecular weight excluding hydrogens is 227 g/mol. The Hall–Kier alpha value is -2.03. The standard InChI is InChI=1S/C15H17FN2/c1-3-11-4-7-13(8-5-11)18(2)15-9-6-12(17)10-14(15)16/h4-10H,3,17H2,1-2H3. The number of aryl methyl sites for hydroxylation is 1. The van der Waals surface area contributed by atoms with Gasteiger partial charge in [-0.1, -0.05) is 19.1 Å². The van der Waals surface area contributed by atoms with Crippen molar-refractivity contribution in [1.82, 2.24) is 0 Å². The number of halogens is 1. The molecule has 0 aliphatic carbocycles. The van der Waals surface area contributed by atoms with Gasteiger partial charge in [0, 0.05) is 18.4 Å². The van der Waals surface area contributed by atoms with Crippen LogP contribution in [0.1, 0.15) is 12.5 Å². The van der Waals surface area contributed by atoms with Crippen molar-refractivity contribution in [2.45, 2.75) is 13.3 Å². The Morgan fingerprint density at radius 1 is 1.11 bits per heavy atom. The minimum absolute atomic E-state index is 0.308. The average molecular weight is 244 g/mol. The molecule has 0 heterocycles. The first-order valence-corrected chi connectivity index (χ1v) is 5.99. The van der Waals surface area contributed by atoms with E-state index in [-0.39, 0.29) is 5.82 Å². The number of nitrogen functional groups attached to an aromatic ring is 1. The Bertz CT molecular complexity index is 535. The zero-order valence-corrected chi connectivity index (χ0v) is 10.7. The van der Waals surface area contributed by atoms with E-state index in [4.69, 9.17) is 5.73 Å². The molecule has 2 rings (SSSR count). The third-order valence-electron chi connectivity index (χ3n) is 3.06. The van der Waals surface area contributed by atoms with Crippen molar-refractivity contribution in [2.75, 3.05) is 17.7 Å². The molecule has 0 unspecified atom stereocenters. The maximum absolute atomic E-state index is 13.8. The molecular formula is C15H17FN2. The number of benzene rings is 2. The number of nitrogens with zero attached hydrogens (tertiary/aromatic N) is 1. The number of hydrogen-bond acceptors (Lipinski definition) is 2. The summed E-state index contributed by atoms with van der Waals surface area (Å²) in [6.45, 7) is 2.11. The Kier molecular flexibility index (Phi) is 3.51. The van der Waals surface area contributed by atoms with Crippen LogP contribution < -0.4 is 10.6 Å². The van der Waals surface area contributed by atoms with Gasteiger partial charge >= 0.3 is 0 Å². The summed E-state index contributed by atoms with van der Waals surface area (Å²) in [5, 5.41) is 0. The maximum atomic E-state index is 13.8. The first-order chi connectivity index (χ1) is 8.61. The highest BCUT2D eigenvalue weighted by Crippen LogP contribution is 2.27. The fourth-order valence-electron chi connectivity index (χ4n) is 1.89. The normalized spacial score (nSPS) is 10.4. The van der Waals surface area contributed by atoms with Gasteiger partial charge in [-0.2, -0.15) is 0 Å². The summed E-state index contributed by atoms with van der Waals surface area (Å²) in [6.07, 6.45) is 1.00. The smallest absolute Gasteiger partial charge is 0.148 e. The molecule has 0 saturated carbocycles. The van der Waals surface area contributed by atoms with E-state index in [9.17, 15) is 4.39 Å². The molecule has 0 spiro atoms. The minimum atomic E-state index is -0.308. The van der Waals surface area contributed by atoms with Crippen LogP contribution in [-0.2, 0) is 6.42 Å². The van der Waals surface area contributed by atoms with Crippen LogP contribution in [0.4, 0.5) is 21.5 Å². The highest BCUT2D eigenvalue weighted by atomic mass is 19.1. The SMILES string of the molecule is CCc1ccc(N(C)c2ccc(N)cc2F)cc1. The molecule has 2 aromatic rings. The summed E-state index contributed by atoms with van der Waals surface area (Å²) in [6, 6.07) is 12.8. The molecule has 2 aromatic carbocycles. The van der Waals surface area contributed by atoms with Crippen molar-refractivity contribution >= 4 is 17.1 Å². The van der Waals surface area contributed by atoms with E-state index in [1.54, 1.807) is 12.1 Å². The van der Waals surface area contributed by atoms with Gasteiger partial charge in [0.15, 0.2) is 0 Å². The van der Waals surface area contributed by atoms with E-state index in [0.717, 1.165) is 12.1 Å². The molecule has 0 amide bonds. The van der Waals surface area contributed by atoms with Crippen LogP contribution in [0, 0.1) is 5.82 Å². The Morgan fingerprint density at radius 2 is 1.78 bits per heavy atom. The van der Waals surface area contributed by atoms with Gasteiger partial charge in [-0.3, -0.25) is 0 Å².